The molecule has 3 aromatic rings. The zero-order valence-electron chi connectivity index (χ0n) is 17.4. The maximum Gasteiger partial charge on any atom is 0.319 e. The van der Waals surface area contributed by atoms with Crippen molar-refractivity contribution >= 4 is 38.6 Å². The third-order valence-corrected chi connectivity index (χ3v) is 6.02. The molecule has 1 N–H and O–H groups in total. The van der Waals surface area contributed by atoms with Crippen molar-refractivity contribution in [1.82, 2.24) is 0 Å². The fourth-order valence-electron chi connectivity index (χ4n) is 4.09. The molecule has 4 rings (SSSR count). The first kappa shape index (κ1) is 21.2. The summed E-state index contributed by atoms with van der Waals surface area (Å²) in [4.78, 5) is 12.9. The molecule has 0 saturated carbocycles. The van der Waals surface area contributed by atoms with E-state index in [9.17, 15) is 4.79 Å². The zero-order chi connectivity index (χ0) is 22.1. The molecule has 1 aliphatic rings. The highest BCUT2D eigenvalue weighted by atomic mass is 79.9. The predicted octanol–water partition coefficient (Wildman–Crippen LogP) is 5.30. The van der Waals surface area contributed by atoms with Crippen molar-refractivity contribution in [2.24, 2.45) is 5.92 Å². The third kappa shape index (κ3) is 3.63. The van der Waals surface area contributed by atoms with Gasteiger partial charge in [-0.1, -0.05) is 36.4 Å². The molecule has 0 radical (unpaired) electrons. The molecule has 0 amide bonds. The van der Waals surface area contributed by atoms with Crippen LogP contribution >= 0.6 is 15.9 Å². The summed E-state index contributed by atoms with van der Waals surface area (Å²) in [5.41, 5.74) is 1.60. The zero-order valence-corrected chi connectivity index (χ0v) is 19.0. The van der Waals surface area contributed by atoms with Crippen LogP contribution in [0.4, 0.5) is 0 Å². The molecule has 160 valence electrons. The van der Waals surface area contributed by atoms with Crippen molar-refractivity contribution in [3.05, 3.63) is 64.1 Å². The Morgan fingerprint density at radius 1 is 1.13 bits per heavy atom. The van der Waals surface area contributed by atoms with Gasteiger partial charge in [0.1, 0.15) is 11.7 Å². The topological polar surface area (TPSA) is 77.8 Å². The van der Waals surface area contributed by atoms with Crippen molar-refractivity contribution in [2.75, 3.05) is 20.8 Å². The van der Waals surface area contributed by atoms with E-state index in [2.05, 4.69) is 15.9 Å². The highest BCUT2D eigenvalue weighted by Gasteiger charge is 2.43. The maximum absolute atomic E-state index is 12.9. The average molecular weight is 484 g/mol. The second kappa shape index (κ2) is 8.59. The molecule has 0 bridgehead atoms. The molecule has 31 heavy (non-hydrogen) atoms. The fraction of sp³-hybridized carbons (Fsp3) is 0.250. The van der Waals surface area contributed by atoms with E-state index in [1.807, 2.05) is 48.5 Å². The average Bonchev–Trinajstić information content (AvgIpc) is 2.77. The number of carbonyl (C=O) groups excluding carboxylic acids is 1. The SMILES string of the molecule is CCOC(=O)C1C(=N)Oc2c(ccc3ccccc23)C1c1cc(Br)c(OC)c(OC)c1. The van der Waals surface area contributed by atoms with Gasteiger partial charge in [0, 0.05) is 16.9 Å². The highest BCUT2D eigenvalue weighted by Crippen LogP contribution is 2.48. The number of halogens is 1. The van der Waals surface area contributed by atoms with Crippen molar-refractivity contribution < 1.29 is 23.7 Å². The lowest BCUT2D eigenvalue weighted by Crippen LogP contribution is -2.38. The Kier molecular flexibility index (Phi) is 5.87. The van der Waals surface area contributed by atoms with Crippen LogP contribution in [0.25, 0.3) is 10.8 Å². The third-order valence-electron chi connectivity index (χ3n) is 5.43. The van der Waals surface area contributed by atoms with Gasteiger partial charge in [0.15, 0.2) is 11.5 Å². The minimum Gasteiger partial charge on any atom is -0.493 e. The van der Waals surface area contributed by atoms with E-state index in [4.69, 9.17) is 24.4 Å². The van der Waals surface area contributed by atoms with Crippen molar-refractivity contribution in [3.63, 3.8) is 0 Å². The first-order chi connectivity index (χ1) is 15.0. The number of rotatable bonds is 5. The minimum atomic E-state index is -0.918. The molecule has 7 heteroatoms. The summed E-state index contributed by atoms with van der Waals surface area (Å²) >= 11 is 3.54. The first-order valence-corrected chi connectivity index (χ1v) is 10.6. The molecule has 1 heterocycles. The van der Waals surface area contributed by atoms with Crippen LogP contribution in [0, 0.1) is 11.3 Å². The molecule has 2 atom stereocenters. The molecule has 0 aromatic heterocycles. The van der Waals surface area contributed by atoms with Crippen molar-refractivity contribution in [2.45, 2.75) is 12.8 Å². The van der Waals surface area contributed by atoms with Gasteiger partial charge >= 0.3 is 5.97 Å². The predicted molar refractivity (Wildman–Crippen MR) is 122 cm³/mol. The van der Waals surface area contributed by atoms with E-state index in [1.54, 1.807) is 21.1 Å². The summed E-state index contributed by atoms with van der Waals surface area (Å²) in [5, 5.41) is 10.5. The second-order valence-corrected chi connectivity index (χ2v) is 7.97. The number of hydrogen-bond acceptors (Lipinski definition) is 6. The molecule has 0 fully saturated rings. The van der Waals surface area contributed by atoms with Crippen LogP contribution in [0.5, 0.6) is 17.2 Å². The minimum absolute atomic E-state index is 0.141. The van der Waals surface area contributed by atoms with Gasteiger partial charge in [-0.25, -0.2) is 0 Å². The Morgan fingerprint density at radius 2 is 1.90 bits per heavy atom. The Morgan fingerprint density at radius 3 is 2.61 bits per heavy atom. The first-order valence-electron chi connectivity index (χ1n) is 9.86. The van der Waals surface area contributed by atoms with E-state index in [-0.39, 0.29) is 12.5 Å². The van der Waals surface area contributed by atoms with Gasteiger partial charge in [0.25, 0.3) is 0 Å². The summed E-state index contributed by atoms with van der Waals surface area (Å²) in [6.45, 7) is 1.96. The Labute approximate surface area is 188 Å². The Hall–Kier alpha value is -3.06. The van der Waals surface area contributed by atoms with E-state index >= 15 is 0 Å². The van der Waals surface area contributed by atoms with Crippen LogP contribution in [0.1, 0.15) is 24.0 Å². The fourth-order valence-corrected chi connectivity index (χ4v) is 4.71. The van der Waals surface area contributed by atoms with E-state index < -0.39 is 17.8 Å². The molecular weight excluding hydrogens is 462 g/mol. The molecule has 1 aliphatic heterocycles. The lowest BCUT2D eigenvalue weighted by Gasteiger charge is -2.33. The second-order valence-electron chi connectivity index (χ2n) is 7.12. The van der Waals surface area contributed by atoms with Gasteiger partial charge in [-0.15, -0.1) is 0 Å². The maximum atomic E-state index is 12.9. The van der Waals surface area contributed by atoms with Gasteiger partial charge in [0.05, 0.1) is 25.3 Å². The quantitative estimate of drug-likeness (QED) is 0.498. The molecular formula is C24H22BrNO5. The summed E-state index contributed by atoms with van der Waals surface area (Å²) in [5.74, 6) is -0.385. The van der Waals surface area contributed by atoms with Crippen LogP contribution in [-0.4, -0.2) is 32.7 Å². The number of fused-ring (bicyclic) bond motifs is 3. The normalized spacial score (nSPS) is 17.6. The Balaban J connectivity index is 1.98. The number of carbonyl (C=O) groups is 1. The standard InChI is InChI=1S/C24H22BrNO5/c1-4-30-24(27)20-19(14-11-17(25)22(29-3)18(12-14)28-2)16-10-9-13-7-5-6-8-15(13)21(16)31-23(20)26/h5-12,19-20,26H,4H2,1-3H3. The summed E-state index contributed by atoms with van der Waals surface area (Å²) in [6.07, 6.45) is 0. The van der Waals surface area contributed by atoms with E-state index in [0.717, 1.165) is 21.9 Å². The molecule has 0 saturated heterocycles. The smallest absolute Gasteiger partial charge is 0.319 e. The van der Waals surface area contributed by atoms with Crippen molar-refractivity contribution in [3.8, 4) is 17.2 Å². The van der Waals surface area contributed by atoms with Crippen LogP contribution < -0.4 is 14.2 Å². The number of hydrogen-bond donors (Lipinski definition) is 1. The molecule has 3 aromatic carbocycles. The van der Waals surface area contributed by atoms with E-state index in [1.165, 1.54) is 0 Å². The number of esters is 1. The summed E-state index contributed by atoms with van der Waals surface area (Å²) in [7, 11) is 3.12. The largest absolute Gasteiger partial charge is 0.493 e. The number of nitrogens with one attached hydrogen (secondary N) is 1. The van der Waals surface area contributed by atoms with Gasteiger partial charge in [-0.05, 0) is 45.9 Å². The molecule has 6 nitrogen and oxygen atoms in total. The molecule has 2 unspecified atom stereocenters. The molecule has 0 aliphatic carbocycles. The number of ether oxygens (including phenoxy) is 4. The van der Waals surface area contributed by atoms with Gasteiger partial charge in [-0.2, -0.15) is 0 Å². The Bertz CT molecular complexity index is 1180. The van der Waals surface area contributed by atoms with Crippen LogP contribution in [0.2, 0.25) is 0 Å². The monoisotopic (exact) mass is 483 g/mol. The summed E-state index contributed by atoms with van der Waals surface area (Å²) in [6, 6.07) is 15.5. The molecule has 0 spiro atoms. The van der Waals surface area contributed by atoms with E-state index in [0.29, 0.717) is 21.7 Å². The van der Waals surface area contributed by atoms with Crippen LogP contribution in [-0.2, 0) is 9.53 Å². The lowest BCUT2D eigenvalue weighted by atomic mass is 9.77. The van der Waals surface area contributed by atoms with Gasteiger partial charge in [-0.3, -0.25) is 10.2 Å². The van der Waals surface area contributed by atoms with Gasteiger partial charge < -0.3 is 18.9 Å². The van der Waals surface area contributed by atoms with Crippen LogP contribution in [0.15, 0.2) is 53.0 Å². The number of methoxy groups -OCH3 is 2. The van der Waals surface area contributed by atoms with Crippen molar-refractivity contribution in [1.29, 1.82) is 5.41 Å². The highest BCUT2D eigenvalue weighted by molar-refractivity contribution is 9.10. The van der Waals surface area contributed by atoms with Gasteiger partial charge in [0.2, 0.25) is 5.90 Å². The van der Waals surface area contributed by atoms with Crippen LogP contribution in [0.3, 0.4) is 0 Å². The number of benzene rings is 3. The summed E-state index contributed by atoms with van der Waals surface area (Å²) < 4.78 is 22.9. The lowest BCUT2D eigenvalue weighted by molar-refractivity contribution is -0.146.